The quantitative estimate of drug-likeness (QED) is 0.239. The van der Waals surface area contributed by atoms with Crippen LogP contribution in [0.2, 0.25) is 0 Å². The largest absolute Gasteiger partial charge is 0.0616 e. The lowest BCUT2D eigenvalue weighted by atomic mass is 9.91. The fourth-order valence-electron chi connectivity index (χ4n) is 5.19. The third-order valence-electron chi connectivity index (χ3n) is 6.79. The lowest BCUT2D eigenvalue weighted by Crippen LogP contribution is -1.85. The first-order chi connectivity index (χ1) is 15.8. The second-order valence-electron chi connectivity index (χ2n) is 8.61. The zero-order chi connectivity index (χ0) is 21.1. The second-order valence-corrected chi connectivity index (χ2v) is 8.61. The van der Waals surface area contributed by atoms with Crippen molar-refractivity contribution in [2.45, 2.75) is 0 Å². The maximum absolute atomic E-state index is 2.38. The fraction of sp³-hybridized carbons (Fsp3) is 0. The molecule has 7 rings (SSSR count). The minimum absolute atomic E-state index is 1.26. The minimum atomic E-state index is 1.26. The summed E-state index contributed by atoms with van der Waals surface area (Å²) in [5.41, 5.74) is 2.51. The maximum atomic E-state index is 2.38. The van der Waals surface area contributed by atoms with E-state index in [0.717, 1.165) is 0 Å². The van der Waals surface area contributed by atoms with Crippen LogP contribution in [-0.2, 0) is 0 Å². The van der Waals surface area contributed by atoms with E-state index in [-0.39, 0.29) is 0 Å². The molecule has 0 heterocycles. The smallest absolute Gasteiger partial charge is 0.00204 e. The average Bonchev–Trinajstić information content (AvgIpc) is 2.87. The summed E-state index contributed by atoms with van der Waals surface area (Å²) < 4.78 is 0. The third kappa shape index (κ3) is 2.57. The van der Waals surface area contributed by atoms with Crippen LogP contribution in [0, 0.1) is 0 Å². The minimum Gasteiger partial charge on any atom is -0.0616 e. The highest BCUT2D eigenvalue weighted by atomic mass is 14.1. The number of benzene rings is 7. The molecule has 0 aromatic heterocycles. The maximum Gasteiger partial charge on any atom is -0.00204 e. The molecule has 7 aromatic rings. The molecule has 0 saturated heterocycles. The molecule has 0 heteroatoms. The van der Waals surface area contributed by atoms with Crippen LogP contribution >= 0.6 is 0 Å². The molecule has 0 unspecified atom stereocenters. The van der Waals surface area contributed by atoms with Crippen LogP contribution in [0.25, 0.3) is 65.0 Å². The molecule has 7 aromatic carbocycles. The molecule has 0 spiro atoms. The molecule has 0 aliphatic heterocycles. The van der Waals surface area contributed by atoms with E-state index in [2.05, 4.69) is 121 Å². The van der Waals surface area contributed by atoms with E-state index in [0.29, 0.717) is 0 Å². The Morgan fingerprint density at radius 1 is 0.281 bits per heavy atom. The summed E-state index contributed by atoms with van der Waals surface area (Å²) in [5, 5.41) is 13.0. The Balaban J connectivity index is 1.60. The summed E-state index contributed by atoms with van der Waals surface area (Å²) in [5.74, 6) is 0. The van der Waals surface area contributed by atoms with Gasteiger partial charge in [0.1, 0.15) is 0 Å². The first-order valence-corrected chi connectivity index (χ1v) is 11.1. The Morgan fingerprint density at radius 3 is 1.50 bits per heavy atom. The molecule has 148 valence electrons. The van der Waals surface area contributed by atoms with Gasteiger partial charge >= 0.3 is 0 Å². The molecular formula is C32H20. The molecule has 0 fully saturated rings. The van der Waals surface area contributed by atoms with Crippen molar-refractivity contribution in [1.82, 2.24) is 0 Å². The summed E-state index contributed by atoms with van der Waals surface area (Å²) in [6.07, 6.45) is 0. The molecule has 0 saturated carbocycles. The fourth-order valence-corrected chi connectivity index (χ4v) is 5.19. The monoisotopic (exact) mass is 404 g/mol. The Morgan fingerprint density at radius 2 is 0.750 bits per heavy atom. The van der Waals surface area contributed by atoms with Crippen molar-refractivity contribution >= 4 is 53.9 Å². The van der Waals surface area contributed by atoms with Gasteiger partial charge in [-0.25, -0.2) is 0 Å². The Kier molecular flexibility index (Phi) is 3.65. The molecule has 0 bridgehead atoms. The Labute approximate surface area is 186 Å². The van der Waals surface area contributed by atoms with Crippen molar-refractivity contribution in [1.29, 1.82) is 0 Å². The average molecular weight is 405 g/mol. The Bertz CT molecular complexity index is 1810. The van der Waals surface area contributed by atoms with Crippen molar-refractivity contribution in [2.24, 2.45) is 0 Å². The molecule has 0 aliphatic carbocycles. The first kappa shape index (κ1) is 17.5. The topological polar surface area (TPSA) is 0 Å². The molecular weight excluding hydrogens is 384 g/mol. The molecule has 0 atom stereocenters. The first-order valence-electron chi connectivity index (χ1n) is 11.1. The lowest BCUT2D eigenvalue weighted by molar-refractivity contribution is 1.68. The molecule has 0 nitrogen and oxygen atoms in total. The Hall–Kier alpha value is -4.16. The van der Waals surface area contributed by atoms with Crippen LogP contribution in [0.5, 0.6) is 0 Å². The number of rotatable bonds is 1. The predicted octanol–water partition coefficient (Wildman–Crippen LogP) is 9.12. The lowest BCUT2D eigenvalue weighted by Gasteiger charge is -2.12. The predicted molar refractivity (Wildman–Crippen MR) is 139 cm³/mol. The van der Waals surface area contributed by atoms with Gasteiger partial charge in [0.25, 0.3) is 0 Å². The molecule has 0 aliphatic rings. The van der Waals surface area contributed by atoms with Crippen molar-refractivity contribution in [3.05, 3.63) is 121 Å². The summed E-state index contributed by atoms with van der Waals surface area (Å²) in [6, 6.07) is 44.5. The van der Waals surface area contributed by atoms with Gasteiger partial charge in [0, 0.05) is 0 Å². The van der Waals surface area contributed by atoms with E-state index in [4.69, 9.17) is 0 Å². The van der Waals surface area contributed by atoms with Crippen LogP contribution in [0.3, 0.4) is 0 Å². The van der Waals surface area contributed by atoms with Crippen molar-refractivity contribution in [2.75, 3.05) is 0 Å². The zero-order valence-electron chi connectivity index (χ0n) is 17.5. The van der Waals surface area contributed by atoms with E-state index >= 15 is 0 Å². The van der Waals surface area contributed by atoms with Gasteiger partial charge in [-0.2, -0.15) is 0 Å². The molecule has 32 heavy (non-hydrogen) atoms. The van der Waals surface area contributed by atoms with Crippen LogP contribution in [-0.4, -0.2) is 0 Å². The van der Waals surface area contributed by atoms with E-state index in [9.17, 15) is 0 Å². The van der Waals surface area contributed by atoms with E-state index in [1.165, 1.54) is 65.0 Å². The van der Waals surface area contributed by atoms with E-state index in [1.54, 1.807) is 0 Å². The SMILES string of the molecule is c1ccc2cc(-c3ccc4ccc5ccc6ccc7ccccc7c6c5c4c3)ccc2c1. The van der Waals surface area contributed by atoms with E-state index < -0.39 is 0 Å². The van der Waals surface area contributed by atoms with Crippen molar-refractivity contribution in [3.8, 4) is 11.1 Å². The number of hydrogen-bond acceptors (Lipinski definition) is 0. The highest BCUT2D eigenvalue weighted by Crippen LogP contribution is 2.38. The summed E-state index contributed by atoms with van der Waals surface area (Å²) >= 11 is 0. The summed E-state index contributed by atoms with van der Waals surface area (Å²) in [4.78, 5) is 0. The molecule has 0 N–H and O–H groups in total. The van der Waals surface area contributed by atoms with Gasteiger partial charge in [-0.15, -0.1) is 0 Å². The van der Waals surface area contributed by atoms with Crippen LogP contribution in [0.15, 0.2) is 121 Å². The van der Waals surface area contributed by atoms with Gasteiger partial charge in [-0.05, 0) is 77.1 Å². The summed E-state index contributed by atoms with van der Waals surface area (Å²) in [6.45, 7) is 0. The highest BCUT2D eigenvalue weighted by molar-refractivity contribution is 6.27. The van der Waals surface area contributed by atoms with Gasteiger partial charge in [0.05, 0.1) is 0 Å². The highest BCUT2D eigenvalue weighted by Gasteiger charge is 2.10. The summed E-state index contributed by atoms with van der Waals surface area (Å²) in [7, 11) is 0. The number of hydrogen-bond donors (Lipinski definition) is 0. The second kappa shape index (κ2) is 6.67. The van der Waals surface area contributed by atoms with Gasteiger partial charge < -0.3 is 0 Å². The molecule has 0 radical (unpaired) electrons. The van der Waals surface area contributed by atoms with Gasteiger partial charge in [-0.3, -0.25) is 0 Å². The van der Waals surface area contributed by atoms with E-state index in [1.807, 2.05) is 0 Å². The standard InChI is InChI=1S/C32H20/c1-2-7-26-19-27(17-9-21(26)5-1)28-18-12-23-11-14-25-16-15-24-13-10-22-6-3-4-8-29(22)31(24)32(25)30(23)20-28/h1-20H. The molecule has 0 amide bonds. The third-order valence-corrected chi connectivity index (χ3v) is 6.79. The normalized spacial score (nSPS) is 11.8. The van der Waals surface area contributed by atoms with Crippen LogP contribution < -0.4 is 0 Å². The van der Waals surface area contributed by atoms with Crippen LogP contribution in [0.4, 0.5) is 0 Å². The van der Waals surface area contributed by atoms with Crippen molar-refractivity contribution < 1.29 is 0 Å². The zero-order valence-corrected chi connectivity index (χ0v) is 17.5. The van der Waals surface area contributed by atoms with Gasteiger partial charge in [0.2, 0.25) is 0 Å². The van der Waals surface area contributed by atoms with Gasteiger partial charge in [-0.1, -0.05) is 109 Å². The van der Waals surface area contributed by atoms with Crippen molar-refractivity contribution in [3.63, 3.8) is 0 Å². The van der Waals surface area contributed by atoms with Gasteiger partial charge in [0.15, 0.2) is 0 Å². The number of fused-ring (bicyclic) bond motifs is 8. The van der Waals surface area contributed by atoms with Crippen LogP contribution in [0.1, 0.15) is 0 Å².